The van der Waals surface area contributed by atoms with Crippen molar-refractivity contribution in [2.75, 3.05) is 33.4 Å². The molecule has 0 radical (unpaired) electrons. The lowest BCUT2D eigenvalue weighted by molar-refractivity contribution is 0.0650. The molecular formula is C26H32Cl2N2O3. The second-order valence-corrected chi connectivity index (χ2v) is 9.29. The van der Waals surface area contributed by atoms with Crippen molar-refractivity contribution in [3.05, 3.63) is 69.2 Å². The standard InChI is InChI=1S/C26H32Cl2N2O3/c1-29(19-22-23(27)13-10-14-24(22)28)15-7-9-18-33-17-8-3-2-6-16-30-25(31)20-11-4-5-12-21(20)26(30)32/h4-5,10-14H,2-3,6-9,15-19H2,1H3. The van der Waals surface area contributed by atoms with Crippen molar-refractivity contribution in [3.8, 4) is 0 Å². The van der Waals surface area contributed by atoms with Gasteiger partial charge in [0, 0.05) is 41.9 Å². The zero-order chi connectivity index (χ0) is 23.6. The highest BCUT2D eigenvalue weighted by molar-refractivity contribution is 6.36. The van der Waals surface area contributed by atoms with Gasteiger partial charge in [-0.05, 0) is 63.5 Å². The van der Waals surface area contributed by atoms with E-state index in [9.17, 15) is 9.59 Å². The van der Waals surface area contributed by atoms with Crippen LogP contribution in [-0.4, -0.2) is 55.0 Å². The third-order valence-electron chi connectivity index (χ3n) is 5.87. The molecule has 2 amide bonds. The molecule has 0 N–H and O–H groups in total. The highest BCUT2D eigenvalue weighted by Gasteiger charge is 2.34. The number of halogens is 2. The fourth-order valence-corrected chi connectivity index (χ4v) is 4.51. The molecule has 0 aliphatic carbocycles. The fourth-order valence-electron chi connectivity index (χ4n) is 3.99. The van der Waals surface area contributed by atoms with E-state index >= 15 is 0 Å². The maximum atomic E-state index is 12.3. The molecule has 1 heterocycles. The molecule has 1 aliphatic rings. The first-order chi connectivity index (χ1) is 16.0. The molecule has 5 nitrogen and oxygen atoms in total. The van der Waals surface area contributed by atoms with E-state index in [0.717, 1.165) is 70.4 Å². The normalized spacial score (nSPS) is 13.3. The first kappa shape index (κ1) is 25.7. The van der Waals surface area contributed by atoms with Crippen LogP contribution in [0.1, 0.15) is 64.8 Å². The second kappa shape index (κ2) is 13.1. The molecule has 0 saturated heterocycles. The number of fused-ring (bicyclic) bond motifs is 1. The van der Waals surface area contributed by atoms with Gasteiger partial charge >= 0.3 is 0 Å². The Morgan fingerprint density at radius 3 is 2.00 bits per heavy atom. The highest BCUT2D eigenvalue weighted by atomic mass is 35.5. The molecule has 3 rings (SSSR count). The number of benzene rings is 2. The number of nitrogens with zero attached hydrogens (tertiary/aromatic N) is 2. The van der Waals surface area contributed by atoms with Crippen LogP contribution in [0.15, 0.2) is 42.5 Å². The first-order valence-corrected chi connectivity index (χ1v) is 12.4. The van der Waals surface area contributed by atoms with Crippen molar-refractivity contribution in [2.24, 2.45) is 0 Å². The van der Waals surface area contributed by atoms with Crippen molar-refractivity contribution in [2.45, 2.75) is 45.1 Å². The minimum absolute atomic E-state index is 0.167. The third-order valence-corrected chi connectivity index (χ3v) is 6.58. The summed E-state index contributed by atoms with van der Waals surface area (Å²) in [4.78, 5) is 28.3. The highest BCUT2D eigenvalue weighted by Crippen LogP contribution is 2.25. The maximum Gasteiger partial charge on any atom is 0.261 e. The van der Waals surface area contributed by atoms with Gasteiger partial charge in [-0.2, -0.15) is 0 Å². The van der Waals surface area contributed by atoms with Crippen molar-refractivity contribution >= 4 is 35.0 Å². The van der Waals surface area contributed by atoms with Crippen LogP contribution in [0, 0.1) is 0 Å². The number of carbonyl (C=O) groups is 2. The Hall–Kier alpha value is -1.92. The van der Waals surface area contributed by atoms with E-state index < -0.39 is 0 Å². The Balaban J connectivity index is 1.17. The Kier molecular flexibility index (Phi) is 10.2. The van der Waals surface area contributed by atoms with Gasteiger partial charge in [0.1, 0.15) is 0 Å². The summed E-state index contributed by atoms with van der Waals surface area (Å²) >= 11 is 12.5. The molecule has 0 fully saturated rings. The van der Waals surface area contributed by atoms with Gasteiger partial charge in [0.15, 0.2) is 0 Å². The van der Waals surface area contributed by atoms with Gasteiger partial charge in [-0.15, -0.1) is 0 Å². The van der Waals surface area contributed by atoms with E-state index in [4.69, 9.17) is 27.9 Å². The first-order valence-electron chi connectivity index (χ1n) is 11.6. The molecule has 0 bridgehead atoms. The summed E-state index contributed by atoms with van der Waals surface area (Å²) in [5, 5.41) is 1.42. The third kappa shape index (κ3) is 7.28. The van der Waals surface area contributed by atoms with E-state index in [2.05, 4.69) is 11.9 Å². The summed E-state index contributed by atoms with van der Waals surface area (Å²) in [6.45, 7) is 3.69. The van der Waals surface area contributed by atoms with Gasteiger partial charge in [-0.1, -0.05) is 54.2 Å². The Labute approximate surface area is 206 Å². The fraction of sp³-hybridized carbons (Fsp3) is 0.462. The van der Waals surface area contributed by atoms with Gasteiger partial charge in [0.05, 0.1) is 11.1 Å². The summed E-state index contributed by atoms with van der Waals surface area (Å²) in [5.41, 5.74) is 2.02. The van der Waals surface area contributed by atoms with E-state index in [1.165, 1.54) is 4.90 Å². The van der Waals surface area contributed by atoms with Gasteiger partial charge in [0.25, 0.3) is 11.8 Å². The monoisotopic (exact) mass is 490 g/mol. The molecule has 33 heavy (non-hydrogen) atoms. The summed E-state index contributed by atoms with van der Waals surface area (Å²) in [5.74, 6) is -0.334. The SMILES string of the molecule is CN(CCCCOCCCCCCN1C(=O)c2ccccc2C1=O)Cc1c(Cl)cccc1Cl. The Morgan fingerprint density at radius 1 is 0.788 bits per heavy atom. The summed E-state index contributed by atoms with van der Waals surface area (Å²) in [6.07, 6.45) is 5.90. The lowest BCUT2D eigenvalue weighted by Crippen LogP contribution is -2.30. The van der Waals surface area contributed by atoms with Crippen LogP contribution in [0.2, 0.25) is 10.0 Å². The molecule has 1 aliphatic heterocycles. The number of hydrogen-bond acceptors (Lipinski definition) is 4. The molecule has 2 aromatic carbocycles. The molecule has 7 heteroatoms. The number of unbranched alkanes of at least 4 members (excludes halogenated alkanes) is 4. The largest absolute Gasteiger partial charge is 0.381 e. The van der Waals surface area contributed by atoms with Gasteiger partial charge in [-0.3, -0.25) is 14.5 Å². The van der Waals surface area contributed by atoms with Crippen LogP contribution >= 0.6 is 23.2 Å². The van der Waals surface area contributed by atoms with Crippen LogP contribution in [-0.2, 0) is 11.3 Å². The molecule has 0 atom stereocenters. The minimum Gasteiger partial charge on any atom is -0.381 e. The number of amides is 2. The smallest absolute Gasteiger partial charge is 0.261 e. The van der Waals surface area contributed by atoms with E-state index in [0.29, 0.717) is 27.7 Å². The van der Waals surface area contributed by atoms with Crippen LogP contribution in [0.4, 0.5) is 0 Å². The zero-order valence-electron chi connectivity index (χ0n) is 19.2. The van der Waals surface area contributed by atoms with E-state index in [1.54, 1.807) is 24.3 Å². The summed E-state index contributed by atoms with van der Waals surface area (Å²) in [7, 11) is 2.07. The topological polar surface area (TPSA) is 49.9 Å². The van der Waals surface area contributed by atoms with Crippen LogP contribution in [0.5, 0.6) is 0 Å². The lowest BCUT2D eigenvalue weighted by atomic mass is 10.1. The van der Waals surface area contributed by atoms with Gasteiger partial charge in [-0.25, -0.2) is 0 Å². The van der Waals surface area contributed by atoms with E-state index in [1.807, 2.05) is 18.2 Å². The predicted molar refractivity (Wildman–Crippen MR) is 133 cm³/mol. The number of carbonyl (C=O) groups excluding carboxylic acids is 2. The summed E-state index contributed by atoms with van der Waals surface area (Å²) < 4.78 is 5.75. The quantitative estimate of drug-likeness (QED) is 0.238. The van der Waals surface area contributed by atoms with Crippen LogP contribution in [0.3, 0.4) is 0 Å². The van der Waals surface area contributed by atoms with Gasteiger partial charge < -0.3 is 9.64 Å². The Morgan fingerprint density at radius 2 is 1.36 bits per heavy atom. The van der Waals surface area contributed by atoms with Crippen molar-refractivity contribution in [1.82, 2.24) is 9.80 Å². The molecule has 2 aromatic rings. The summed E-state index contributed by atoms with van der Waals surface area (Å²) in [6, 6.07) is 12.6. The molecule has 0 aromatic heterocycles. The molecule has 0 unspecified atom stereocenters. The van der Waals surface area contributed by atoms with Crippen molar-refractivity contribution in [1.29, 1.82) is 0 Å². The van der Waals surface area contributed by atoms with Crippen LogP contribution in [0.25, 0.3) is 0 Å². The van der Waals surface area contributed by atoms with Gasteiger partial charge in [0.2, 0.25) is 0 Å². The minimum atomic E-state index is -0.167. The second-order valence-electron chi connectivity index (χ2n) is 8.48. The maximum absolute atomic E-state index is 12.3. The zero-order valence-corrected chi connectivity index (χ0v) is 20.7. The number of ether oxygens (including phenoxy) is 1. The van der Waals surface area contributed by atoms with E-state index in [-0.39, 0.29) is 11.8 Å². The molecule has 178 valence electrons. The van der Waals surface area contributed by atoms with Crippen molar-refractivity contribution < 1.29 is 14.3 Å². The number of rotatable bonds is 14. The molecule has 0 saturated carbocycles. The number of hydrogen-bond donors (Lipinski definition) is 0. The molecule has 0 spiro atoms. The van der Waals surface area contributed by atoms with Crippen molar-refractivity contribution in [3.63, 3.8) is 0 Å². The predicted octanol–water partition coefficient (Wildman–Crippen LogP) is 6.08. The lowest BCUT2D eigenvalue weighted by Gasteiger charge is -2.18. The average Bonchev–Trinajstić information content (AvgIpc) is 3.05. The number of imide groups is 1. The molecular weight excluding hydrogens is 459 g/mol. The average molecular weight is 491 g/mol. The Bertz CT molecular complexity index is 896. The van der Waals surface area contributed by atoms with Crippen LogP contribution < -0.4 is 0 Å².